The first-order valence-corrected chi connectivity index (χ1v) is 12.6. The molecule has 3 aromatic rings. The zero-order valence-electron chi connectivity index (χ0n) is 20.2. The summed E-state index contributed by atoms with van der Waals surface area (Å²) in [6, 6.07) is 10.1. The SMILES string of the molecule is [B]c1cc(N2CCC3(CC2)CC3)c2c(Nc3cc(C)cc(N4CCC(F)(F)CC4)c3)ncnc2c1. The topological polar surface area (TPSA) is 44.3 Å². The number of aromatic nitrogens is 2. The highest BCUT2D eigenvalue weighted by molar-refractivity contribution is 6.34. The van der Waals surface area contributed by atoms with E-state index in [0.717, 1.165) is 52.4 Å². The summed E-state index contributed by atoms with van der Waals surface area (Å²) in [7, 11) is 6.27. The van der Waals surface area contributed by atoms with E-state index in [1.807, 2.05) is 30.0 Å². The van der Waals surface area contributed by atoms with Crippen LogP contribution in [0.1, 0.15) is 44.1 Å². The minimum atomic E-state index is -2.56. The fourth-order valence-corrected chi connectivity index (χ4v) is 5.68. The van der Waals surface area contributed by atoms with Gasteiger partial charge in [-0.1, -0.05) is 5.46 Å². The Morgan fingerprint density at radius 2 is 1.57 bits per heavy atom. The molecule has 2 radical (unpaired) electrons. The zero-order chi connectivity index (χ0) is 24.2. The summed E-state index contributed by atoms with van der Waals surface area (Å²) in [6.07, 6.45) is 6.50. The number of alkyl halides is 2. The van der Waals surface area contributed by atoms with Gasteiger partial charge in [0.2, 0.25) is 0 Å². The Labute approximate surface area is 206 Å². The van der Waals surface area contributed by atoms with Crippen LogP contribution in [0.2, 0.25) is 0 Å². The molecule has 3 heterocycles. The second kappa shape index (κ2) is 8.35. The van der Waals surface area contributed by atoms with Gasteiger partial charge in [0.25, 0.3) is 5.92 Å². The van der Waals surface area contributed by atoms with Crippen molar-refractivity contribution in [3.63, 3.8) is 0 Å². The van der Waals surface area contributed by atoms with Crippen LogP contribution < -0.4 is 20.6 Å². The molecule has 1 aromatic heterocycles. The molecule has 0 atom stereocenters. The van der Waals surface area contributed by atoms with Gasteiger partial charge in [-0.25, -0.2) is 18.7 Å². The Hall–Kier alpha value is -2.90. The van der Waals surface area contributed by atoms with E-state index in [9.17, 15) is 8.78 Å². The average molecular weight is 473 g/mol. The minimum absolute atomic E-state index is 0.109. The van der Waals surface area contributed by atoms with Crippen LogP contribution in [0.15, 0.2) is 36.7 Å². The lowest BCUT2D eigenvalue weighted by Gasteiger charge is -2.35. The highest BCUT2D eigenvalue weighted by atomic mass is 19.3. The standard InChI is InChI=1S/C27H30BF2N5/c1-18-12-20(16-21(13-18)34-10-6-27(29,30)7-11-34)33-25-24-22(31-17-32-25)14-19(28)15-23(24)35-8-4-26(2-3-26)5-9-35/h12-17H,2-11H2,1H3,(H,31,32,33). The van der Waals surface area contributed by atoms with Crippen LogP contribution in [0.3, 0.4) is 0 Å². The number of benzene rings is 2. The van der Waals surface area contributed by atoms with Gasteiger partial charge < -0.3 is 15.1 Å². The Morgan fingerprint density at radius 3 is 2.29 bits per heavy atom. The number of fused-ring (bicyclic) bond motifs is 1. The molecule has 2 aromatic carbocycles. The van der Waals surface area contributed by atoms with E-state index in [-0.39, 0.29) is 12.8 Å². The molecule has 8 heteroatoms. The molecule has 3 aliphatic rings. The number of nitrogens with one attached hydrogen (secondary N) is 1. The Kier molecular flexibility index (Phi) is 5.38. The van der Waals surface area contributed by atoms with E-state index < -0.39 is 5.92 Å². The number of rotatable bonds is 4. The number of hydrogen-bond donors (Lipinski definition) is 1. The van der Waals surface area contributed by atoms with Crippen LogP contribution in [0.25, 0.3) is 10.9 Å². The van der Waals surface area contributed by atoms with Gasteiger partial charge >= 0.3 is 0 Å². The highest BCUT2D eigenvalue weighted by Gasteiger charge is 2.44. The first-order chi connectivity index (χ1) is 16.8. The lowest BCUT2D eigenvalue weighted by molar-refractivity contribution is -0.0220. The van der Waals surface area contributed by atoms with Crippen molar-refractivity contribution in [3.05, 3.63) is 42.2 Å². The number of halogens is 2. The smallest absolute Gasteiger partial charge is 0.251 e. The van der Waals surface area contributed by atoms with Crippen molar-refractivity contribution in [1.29, 1.82) is 0 Å². The molecule has 0 bridgehead atoms. The van der Waals surface area contributed by atoms with E-state index in [4.69, 9.17) is 7.85 Å². The van der Waals surface area contributed by atoms with Crippen molar-refractivity contribution < 1.29 is 8.78 Å². The fraction of sp³-hybridized carbons (Fsp3) is 0.481. The van der Waals surface area contributed by atoms with Gasteiger partial charge in [0, 0.05) is 56.1 Å². The molecule has 1 aliphatic carbocycles. The van der Waals surface area contributed by atoms with E-state index in [2.05, 4.69) is 32.3 Å². The van der Waals surface area contributed by atoms with Crippen LogP contribution in [-0.2, 0) is 0 Å². The van der Waals surface area contributed by atoms with Crippen LogP contribution in [0.4, 0.5) is 31.7 Å². The molecule has 1 N–H and O–H groups in total. The molecule has 35 heavy (non-hydrogen) atoms. The van der Waals surface area contributed by atoms with Gasteiger partial charge in [-0.15, -0.1) is 0 Å². The molecule has 2 saturated heterocycles. The molecule has 3 fully saturated rings. The Morgan fingerprint density at radius 1 is 0.857 bits per heavy atom. The number of aryl methyl sites for hydroxylation is 1. The molecular formula is C27H30BF2N5. The lowest BCUT2D eigenvalue weighted by atomic mass is 9.90. The summed E-state index contributed by atoms with van der Waals surface area (Å²) in [5, 5.41) is 4.48. The Balaban J connectivity index is 1.33. The zero-order valence-corrected chi connectivity index (χ0v) is 20.2. The van der Waals surface area contributed by atoms with E-state index in [1.54, 1.807) is 6.33 Å². The van der Waals surface area contributed by atoms with Crippen molar-refractivity contribution in [2.45, 2.75) is 51.4 Å². The molecule has 0 amide bonds. The van der Waals surface area contributed by atoms with E-state index in [1.165, 1.54) is 25.7 Å². The summed E-state index contributed by atoms with van der Waals surface area (Å²) in [4.78, 5) is 13.6. The molecule has 5 nitrogen and oxygen atoms in total. The van der Waals surface area contributed by atoms with Crippen molar-refractivity contribution in [2.75, 3.05) is 41.3 Å². The molecule has 2 aliphatic heterocycles. The predicted molar refractivity (Wildman–Crippen MR) is 139 cm³/mol. The third-order valence-electron chi connectivity index (χ3n) is 8.05. The molecule has 180 valence electrons. The second-order valence-electron chi connectivity index (χ2n) is 10.7. The van der Waals surface area contributed by atoms with E-state index in [0.29, 0.717) is 24.0 Å². The maximum absolute atomic E-state index is 13.7. The van der Waals surface area contributed by atoms with E-state index >= 15 is 0 Å². The molecule has 1 saturated carbocycles. The first-order valence-electron chi connectivity index (χ1n) is 12.6. The molecule has 6 rings (SSSR count). The third-order valence-corrected chi connectivity index (χ3v) is 8.05. The van der Waals surface area contributed by atoms with Gasteiger partial charge in [-0.2, -0.15) is 0 Å². The van der Waals surface area contributed by atoms with Crippen LogP contribution in [0, 0.1) is 12.3 Å². The second-order valence-corrected chi connectivity index (χ2v) is 10.7. The number of anilines is 4. The average Bonchev–Trinajstić information content (AvgIpc) is 3.57. The van der Waals surface area contributed by atoms with Crippen molar-refractivity contribution in [2.24, 2.45) is 5.41 Å². The predicted octanol–water partition coefficient (Wildman–Crippen LogP) is 5.09. The van der Waals surface area contributed by atoms with Crippen molar-refractivity contribution in [1.82, 2.24) is 9.97 Å². The minimum Gasteiger partial charge on any atom is -0.371 e. The summed E-state index contributed by atoms with van der Waals surface area (Å²) < 4.78 is 27.4. The third kappa shape index (κ3) is 4.55. The number of piperidine rings is 2. The maximum atomic E-state index is 13.7. The first kappa shape index (κ1) is 22.6. The Bertz CT molecular complexity index is 1260. The highest BCUT2D eigenvalue weighted by Crippen LogP contribution is 2.54. The van der Waals surface area contributed by atoms with Gasteiger partial charge in [0.15, 0.2) is 0 Å². The van der Waals surface area contributed by atoms with Gasteiger partial charge in [0.1, 0.15) is 20.0 Å². The number of nitrogens with zero attached hydrogens (tertiary/aromatic N) is 4. The van der Waals surface area contributed by atoms with Crippen LogP contribution in [0.5, 0.6) is 0 Å². The van der Waals surface area contributed by atoms with Gasteiger partial charge in [0.05, 0.1) is 10.9 Å². The van der Waals surface area contributed by atoms with Crippen molar-refractivity contribution in [3.8, 4) is 0 Å². The summed E-state index contributed by atoms with van der Waals surface area (Å²) >= 11 is 0. The van der Waals surface area contributed by atoms with Crippen LogP contribution in [-0.4, -0.2) is 49.9 Å². The van der Waals surface area contributed by atoms with Crippen molar-refractivity contribution >= 4 is 47.1 Å². The summed E-state index contributed by atoms with van der Waals surface area (Å²) in [6.45, 7) is 4.76. The van der Waals surface area contributed by atoms with Gasteiger partial charge in [-0.3, -0.25) is 0 Å². The fourth-order valence-electron chi connectivity index (χ4n) is 5.68. The molecule has 0 unspecified atom stereocenters. The van der Waals surface area contributed by atoms with Crippen LogP contribution >= 0.6 is 0 Å². The monoisotopic (exact) mass is 473 g/mol. The molecular weight excluding hydrogens is 443 g/mol. The quantitative estimate of drug-likeness (QED) is 0.535. The largest absolute Gasteiger partial charge is 0.371 e. The normalized spacial score (nSPS) is 20.9. The molecule has 1 spiro atoms. The summed E-state index contributed by atoms with van der Waals surface area (Å²) in [5.41, 5.74) is 6.08. The maximum Gasteiger partial charge on any atom is 0.251 e. The van der Waals surface area contributed by atoms with Gasteiger partial charge in [-0.05, 0) is 73.9 Å². The lowest BCUT2D eigenvalue weighted by Crippen LogP contribution is -2.39. The summed E-state index contributed by atoms with van der Waals surface area (Å²) in [5.74, 6) is -1.83. The number of hydrogen-bond acceptors (Lipinski definition) is 5.